The van der Waals surface area contributed by atoms with Crippen LogP contribution in [0, 0.1) is 0 Å². The van der Waals surface area contributed by atoms with Gasteiger partial charge in [0.1, 0.15) is 6.10 Å². The highest BCUT2D eigenvalue weighted by Gasteiger charge is 2.30. The number of nitrogens with two attached hydrogens (primary N) is 2. The first-order valence-corrected chi connectivity index (χ1v) is 8.18. The third-order valence-corrected chi connectivity index (χ3v) is 4.39. The van der Waals surface area contributed by atoms with Crippen molar-refractivity contribution >= 4 is 17.6 Å². The van der Waals surface area contributed by atoms with Crippen molar-refractivity contribution in [2.75, 3.05) is 6.61 Å². The normalized spacial score (nSPS) is 24.8. The van der Waals surface area contributed by atoms with E-state index in [1.165, 1.54) is 0 Å². The fourth-order valence-electron chi connectivity index (χ4n) is 3.29. The van der Waals surface area contributed by atoms with Gasteiger partial charge in [0.05, 0.1) is 17.4 Å². The second kappa shape index (κ2) is 7.00. The number of hydrogen-bond acceptors (Lipinski definition) is 4. The van der Waals surface area contributed by atoms with Crippen molar-refractivity contribution in [2.45, 2.75) is 50.7 Å². The number of guanidine groups is 1. The fraction of sp³-hybridized carbons (Fsp3) is 0.529. The van der Waals surface area contributed by atoms with Crippen LogP contribution in [0.2, 0.25) is 0 Å². The zero-order chi connectivity index (χ0) is 16.2. The summed E-state index contributed by atoms with van der Waals surface area (Å²) in [7, 11) is 0. The van der Waals surface area contributed by atoms with Gasteiger partial charge in [-0.15, -0.1) is 0 Å². The van der Waals surface area contributed by atoms with Gasteiger partial charge in [-0.3, -0.25) is 0 Å². The Hall–Kier alpha value is -2.08. The molecule has 0 aromatic heterocycles. The number of aryl methyl sites for hydroxylation is 1. The summed E-state index contributed by atoms with van der Waals surface area (Å²) in [6, 6.07) is 5.33. The summed E-state index contributed by atoms with van der Waals surface area (Å²) in [4.78, 5) is 16.6. The van der Waals surface area contributed by atoms with Crippen molar-refractivity contribution in [1.82, 2.24) is 0 Å². The van der Waals surface area contributed by atoms with E-state index in [9.17, 15) is 4.79 Å². The maximum atomic E-state index is 12.5. The summed E-state index contributed by atoms with van der Waals surface area (Å²) in [5, 5.41) is 0. The third kappa shape index (κ3) is 3.82. The number of esters is 1. The highest BCUT2D eigenvalue weighted by Crippen LogP contribution is 2.28. The zero-order valence-electron chi connectivity index (χ0n) is 13.2. The largest absolute Gasteiger partial charge is 0.456 e. The van der Waals surface area contributed by atoms with Crippen molar-refractivity contribution in [2.24, 2.45) is 16.5 Å². The van der Waals surface area contributed by atoms with Gasteiger partial charge in [0.2, 0.25) is 0 Å². The first kappa shape index (κ1) is 15.8. The van der Waals surface area contributed by atoms with E-state index in [1.807, 2.05) is 6.07 Å². The molecule has 6 heteroatoms. The molecule has 4 N–H and O–H groups in total. The molecule has 2 aliphatic rings. The first-order chi connectivity index (χ1) is 11.1. The standard InChI is InChI=1S/C17H23N3O3/c18-17(19)20-12-7-8-13-11(10-12)4-3-9-22-14-5-1-2-6-15(14)23-16(13)21/h7-8,10,14-15H,1-6,9H2,(H4,18,19,20). The van der Waals surface area contributed by atoms with Gasteiger partial charge in [-0.05, 0) is 55.9 Å². The van der Waals surface area contributed by atoms with Gasteiger partial charge in [0.15, 0.2) is 5.96 Å². The molecular weight excluding hydrogens is 294 g/mol. The summed E-state index contributed by atoms with van der Waals surface area (Å²) in [6.07, 6.45) is 5.54. The minimum Gasteiger partial charge on any atom is -0.456 e. The molecule has 0 spiro atoms. The Kier molecular flexibility index (Phi) is 4.81. The molecule has 0 bridgehead atoms. The second-order valence-corrected chi connectivity index (χ2v) is 6.12. The van der Waals surface area contributed by atoms with E-state index < -0.39 is 0 Å². The Morgan fingerprint density at radius 1 is 1.13 bits per heavy atom. The van der Waals surface area contributed by atoms with Gasteiger partial charge in [0, 0.05) is 6.61 Å². The number of fused-ring (bicyclic) bond motifs is 2. The molecule has 2 unspecified atom stereocenters. The van der Waals surface area contributed by atoms with E-state index in [2.05, 4.69) is 4.99 Å². The third-order valence-electron chi connectivity index (χ3n) is 4.39. The molecule has 1 saturated carbocycles. The number of rotatable bonds is 1. The molecule has 1 fully saturated rings. The predicted molar refractivity (Wildman–Crippen MR) is 87.6 cm³/mol. The summed E-state index contributed by atoms with van der Waals surface area (Å²) in [5.74, 6) is -0.278. The molecule has 6 nitrogen and oxygen atoms in total. The Morgan fingerprint density at radius 3 is 2.70 bits per heavy atom. The predicted octanol–water partition coefficient (Wildman–Crippen LogP) is 2.02. The van der Waals surface area contributed by atoms with Crippen LogP contribution in [-0.4, -0.2) is 30.7 Å². The smallest absolute Gasteiger partial charge is 0.338 e. The van der Waals surface area contributed by atoms with Crippen LogP contribution in [-0.2, 0) is 15.9 Å². The molecule has 1 aromatic carbocycles. The number of hydrogen-bond donors (Lipinski definition) is 2. The first-order valence-electron chi connectivity index (χ1n) is 8.18. The second-order valence-electron chi connectivity index (χ2n) is 6.12. The van der Waals surface area contributed by atoms with Gasteiger partial charge in [0.25, 0.3) is 0 Å². The number of ether oxygens (including phenoxy) is 2. The van der Waals surface area contributed by atoms with E-state index in [4.69, 9.17) is 20.9 Å². The highest BCUT2D eigenvalue weighted by molar-refractivity contribution is 5.92. The lowest BCUT2D eigenvalue weighted by atomic mass is 9.94. The minimum absolute atomic E-state index is 0.000716. The summed E-state index contributed by atoms with van der Waals surface area (Å²) < 4.78 is 11.7. The van der Waals surface area contributed by atoms with Gasteiger partial charge in [-0.25, -0.2) is 9.79 Å². The Balaban J connectivity index is 1.87. The van der Waals surface area contributed by atoms with E-state index in [0.717, 1.165) is 44.1 Å². The Bertz CT molecular complexity index is 611. The average Bonchev–Trinajstić information content (AvgIpc) is 2.52. The SMILES string of the molecule is NC(N)=Nc1ccc2c(c1)CCCOC1CCCCC1OC2=O. The molecule has 23 heavy (non-hydrogen) atoms. The lowest BCUT2D eigenvalue weighted by Gasteiger charge is -2.32. The number of aliphatic imine (C=N–C) groups is 1. The van der Waals surface area contributed by atoms with Crippen LogP contribution in [0.3, 0.4) is 0 Å². The number of carbonyl (C=O) groups is 1. The maximum absolute atomic E-state index is 12.5. The molecule has 124 valence electrons. The Morgan fingerprint density at radius 2 is 1.91 bits per heavy atom. The van der Waals surface area contributed by atoms with Crippen molar-refractivity contribution in [3.05, 3.63) is 29.3 Å². The summed E-state index contributed by atoms with van der Waals surface area (Å²) >= 11 is 0. The molecule has 0 radical (unpaired) electrons. The van der Waals surface area contributed by atoms with Gasteiger partial charge >= 0.3 is 5.97 Å². The topological polar surface area (TPSA) is 99.9 Å². The van der Waals surface area contributed by atoms with Crippen LogP contribution >= 0.6 is 0 Å². The van der Waals surface area contributed by atoms with E-state index in [1.54, 1.807) is 12.1 Å². The van der Waals surface area contributed by atoms with Crippen molar-refractivity contribution < 1.29 is 14.3 Å². The maximum Gasteiger partial charge on any atom is 0.338 e. The number of nitrogens with zero attached hydrogens (tertiary/aromatic N) is 1. The lowest BCUT2D eigenvalue weighted by Crippen LogP contribution is -2.37. The van der Waals surface area contributed by atoms with E-state index in [0.29, 0.717) is 17.9 Å². The molecular formula is C17H23N3O3. The van der Waals surface area contributed by atoms with Crippen molar-refractivity contribution in [3.8, 4) is 0 Å². The molecule has 1 aliphatic carbocycles. The van der Waals surface area contributed by atoms with Crippen LogP contribution in [0.5, 0.6) is 0 Å². The molecule has 1 aromatic rings. The van der Waals surface area contributed by atoms with Crippen LogP contribution in [0.1, 0.15) is 48.0 Å². The quantitative estimate of drug-likeness (QED) is 0.469. The molecule has 1 heterocycles. The molecule has 1 aliphatic heterocycles. The van der Waals surface area contributed by atoms with Crippen LogP contribution in [0.25, 0.3) is 0 Å². The van der Waals surface area contributed by atoms with E-state index in [-0.39, 0.29) is 24.1 Å². The Labute approximate surface area is 135 Å². The highest BCUT2D eigenvalue weighted by atomic mass is 16.6. The number of carbonyl (C=O) groups excluding carboxylic acids is 1. The van der Waals surface area contributed by atoms with Crippen molar-refractivity contribution in [1.29, 1.82) is 0 Å². The monoisotopic (exact) mass is 317 g/mol. The van der Waals surface area contributed by atoms with Gasteiger partial charge < -0.3 is 20.9 Å². The molecule has 0 amide bonds. The lowest BCUT2D eigenvalue weighted by molar-refractivity contribution is -0.0722. The van der Waals surface area contributed by atoms with Crippen LogP contribution in [0.4, 0.5) is 5.69 Å². The molecule has 3 rings (SSSR count). The summed E-state index contributed by atoms with van der Waals surface area (Å²) in [5.41, 5.74) is 13.0. The average molecular weight is 317 g/mol. The zero-order valence-corrected chi connectivity index (χ0v) is 13.2. The fourth-order valence-corrected chi connectivity index (χ4v) is 3.29. The molecule has 2 atom stereocenters. The van der Waals surface area contributed by atoms with Crippen LogP contribution in [0.15, 0.2) is 23.2 Å². The van der Waals surface area contributed by atoms with Crippen LogP contribution < -0.4 is 11.5 Å². The minimum atomic E-state index is -0.279. The van der Waals surface area contributed by atoms with Gasteiger partial charge in [-0.1, -0.05) is 6.42 Å². The number of benzene rings is 1. The molecule has 0 saturated heterocycles. The van der Waals surface area contributed by atoms with Crippen molar-refractivity contribution in [3.63, 3.8) is 0 Å². The van der Waals surface area contributed by atoms with Gasteiger partial charge in [-0.2, -0.15) is 0 Å². The summed E-state index contributed by atoms with van der Waals surface area (Å²) in [6.45, 7) is 0.671. The van der Waals surface area contributed by atoms with E-state index >= 15 is 0 Å².